The van der Waals surface area contributed by atoms with Crippen LogP contribution < -0.4 is 9.04 Å². The van der Waals surface area contributed by atoms with E-state index < -0.39 is 22.5 Å². The van der Waals surface area contributed by atoms with Crippen LogP contribution in [0.15, 0.2) is 83.8 Å². The van der Waals surface area contributed by atoms with Crippen molar-refractivity contribution in [1.82, 2.24) is 0 Å². The topological polar surface area (TPSA) is 63.7 Å². The number of ether oxygens (including phenoxy) is 1. The van der Waals surface area contributed by atoms with Gasteiger partial charge in [-0.05, 0) is 55.3 Å². The van der Waals surface area contributed by atoms with Gasteiger partial charge in [0, 0.05) is 0 Å². The summed E-state index contributed by atoms with van der Waals surface area (Å²) in [4.78, 5) is 13.0. The number of para-hydroxylation sites is 1. The molecule has 0 spiro atoms. The molecule has 6 heteroatoms. The summed E-state index contributed by atoms with van der Waals surface area (Å²) in [7, 11) is -4.08. The molecule has 3 rings (SSSR count). The number of benzene rings is 3. The minimum Gasteiger partial charge on any atom is -0.484 e. The molecule has 0 N–H and O–H groups in total. The number of amides is 1. The van der Waals surface area contributed by atoms with Crippen molar-refractivity contribution in [2.45, 2.75) is 31.6 Å². The number of carbonyl (C=O) groups is 1. The first kappa shape index (κ1) is 21.6. The highest BCUT2D eigenvalue weighted by atomic mass is 32.2. The standard InChI is InChI=1S/C24H25NO4S/c1-3-7-20-12-14-22(15-13-20)29-18-24(26)25(21-8-5-4-6-9-21)30(27,28)23-16-10-19(2)11-17-23/h4-6,8-17H,3,7,18H2,1-2H3. The maximum absolute atomic E-state index is 13.3. The van der Waals surface area contributed by atoms with E-state index in [1.165, 1.54) is 17.7 Å². The van der Waals surface area contributed by atoms with Crippen LogP contribution in [0.1, 0.15) is 24.5 Å². The summed E-state index contributed by atoms with van der Waals surface area (Å²) in [6.45, 7) is 3.58. The highest BCUT2D eigenvalue weighted by molar-refractivity contribution is 7.93. The van der Waals surface area contributed by atoms with Crippen molar-refractivity contribution in [3.63, 3.8) is 0 Å². The van der Waals surface area contributed by atoms with Crippen molar-refractivity contribution in [2.24, 2.45) is 0 Å². The average Bonchev–Trinajstić information content (AvgIpc) is 2.74. The fraction of sp³-hybridized carbons (Fsp3) is 0.208. The van der Waals surface area contributed by atoms with Gasteiger partial charge in [-0.2, -0.15) is 4.31 Å². The summed E-state index contributed by atoms with van der Waals surface area (Å²) in [5.74, 6) is -0.150. The van der Waals surface area contributed by atoms with E-state index in [0.29, 0.717) is 5.75 Å². The minimum absolute atomic E-state index is 0.0502. The van der Waals surface area contributed by atoms with Crippen LogP contribution in [0, 0.1) is 6.92 Å². The molecule has 0 heterocycles. The van der Waals surface area contributed by atoms with Crippen LogP contribution in [0.4, 0.5) is 5.69 Å². The zero-order valence-electron chi connectivity index (χ0n) is 17.1. The summed E-state index contributed by atoms with van der Waals surface area (Å²) in [6, 6.07) is 22.2. The zero-order valence-corrected chi connectivity index (χ0v) is 17.9. The van der Waals surface area contributed by atoms with Gasteiger partial charge in [0.2, 0.25) is 0 Å². The molecule has 1 amide bonds. The maximum atomic E-state index is 13.3. The number of carbonyl (C=O) groups excluding carboxylic acids is 1. The Morgan fingerprint density at radius 2 is 1.53 bits per heavy atom. The van der Waals surface area contributed by atoms with Crippen molar-refractivity contribution in [3.8, 4) is 5.75 Å². The molecular weight excluding hydrogens is 398 g/mol. The fourth-order valence-corrected chi connectivity index (χ4v) is 4.45. The van der Waals surface area contributed by atoms with Crippen molar-refractivity contribution in [3.05, 3.63) is 90.0 Å². The van der Waals surface area contributed by atoms with E-state index >= 15 is 0 Å². The second-order valence-electron chi connectivity index (χ2n) is 6.99. The molecule has 3 aromatic rings. The molecule has 0 unspecified atom stereocenters. The first-order valence-electron chi connectivity index (χ1n) is 9.83. The predicted molar refractivity (Wildman–Crippen MR) is 118 cm³/mol. The van der Waals surface area contributed by atoms with E-state index in [1.54, 1.807) is 54.6 Å². The lowest BCUT2D eigenvalue weighted by Crippen LogP contribution is -2.40. The molecule has 0 fully saturated rings. The molecule has 3 aromatic carbocycles. The largest absolute Gasteiger partial charge is 0.484 e. The van der Waals surface area contributed by atoms with E-state index in [4.69, 9.17) is 4.74 Å². The van der Waals surface area contributed by atoms with Crippen LogP contribution in [-0.2, 0) is 21.2 Å². The lowest BCUT2D eigenvalue weighted by Gasteiger charge is -2.23. The van der Waals surface area contributed by atoms with Crippen LogP contribution in [0.2, 0.25) is 0 Å². The van der Waals surface area contributed by atoms with Gasteiger partial charge in [0.25, 0.3) is 15.9 Å². The first-order valence-corrected chi connectivity index (χ1v) is 11.3. The van der Waals surface area contributed by atoms with Crippen molar-refractivity contribution in [1.29, 1.82) is 0 Å². The van der Waals surface area contributed by atoms with Crippen LogP contribution >= 0.6 is 0 Å². The van der Waals surface area contributed by atoms with E-state index in [-0.39, 0.29) is 10.6 Å². The normalized spacial score (nSPS) is 11.1. The molecular formula is C24H25NO4S. The molecule has 0 aliphatic rings. The SMILES string of the molecule is CCCc1ccc(OCC(=O)N(c2ccccc2)S(=O)(=O)c2ccc(C)cc2)cc1. The lowest BCUT2D eigenvalue weighted by molar-refractivity contribution is -0.119. The molecule has 5 nitrogen and oxygen atoms in total. The monoisotopic (exact) mass is 423 g/mol. The second kappa shape index (κ2) is 9.59. The van der Waals surface area contributed by atoms with Crippen LogP contribution in [0.25, 0.3) is 0 Å². The Bertz CT molecular complexity index is 1080. The molecule has 0 radical (unpaired) electrons. The van der Waals surface area contributed by atoms with E-state index in [2.05, 4.69) is 6.92 Å². The number of anilines is 1. The number of hydrogen-bond donors (Lipinski definition) is 0. The molecule has 0 aromatic heterocycles. The maximum Gasteiger partial charge on any atom is 0.278 e. The molecule has 0 aliphatic carbocycles. The minimum atomic E-state index is -4.08. The second-order valence-corrected chi connectivity index (χ2v) is 8.78. The smallest absolute Gasteiger partial charge is 0.278 e. The lowest BCUT2D eigenvalue weighted by atomic mass is 10.1. The van der Waals surface area contributed by atoms with Gasteiger partial charge >= 0.3 is 0 Å². The van der Waals surface area contributed by atoms with Gasteiger partial charge in [-0.1, -0.05) is 61.4 Å². The molecule has 156 valence electrons. The highest BCUT2D eigenvalue weighted by Gasteiger charge is 2.31. The average molecular weight is 424 g/mol. The van der Waals surface area contributed by atoms with Gasteiger partial charge in [0.05, 0.1) is 10.6 Å². The summed E-state index contributed by atoms with van der Waals surface area (Å²) in [5, 5.41) is 0. The Labute approximate surface area is 178 Å². The number of hydrogen-bond acceptors (Lipinski definition) is 4. The number of nitrogens with zero attached hydrogens (tertiary/aromatic N) is 1. The van der Waals surface area contributed by atoms with Gasteiger partial charge in [0.15, 0.2) is 6.61 Å². The van der Waals surface area contributed by atoms with Gasteiger partial charge in [-0.25, -0.2) is 8.42 Å². The Balaban J connectivity index is 1.85. The van der Waals surface area contributed by atoms with Gasteiger partial charge < -0.3 is 4.74 Å². The third-order valence-electron chi connectivity index (χ3n) is 4.60. The van der Waals surface area contributed by atoms with Crippen LogP contribution in [0.5, 0.6) is 5.75 Å². The van der Waals surface area contributed by atoms with Gasteiger partial charge in [-0.3, -0.25) is 4.79 Å². The van der Waals surface area contributed by atoms with Crippen LogP contribution in [-0.4, -0.2) is 20.9 Å². The van der Waals surface area contributed by atoms with E-state index in [0.717, 1.165) is 22.7 Å². The number of aryl methyl sites for hydroxylation is 2. The van der Waals surface area contributed by atoms with Crippen molar-refractivity contribution < 1.29 is 17.9 Å². The van der Waals surface area contributed by atoms with Crippen molar-refractivity contribution >= 4 is 21.6 Å². The van der Waals surface area contributed by atoms with Crippen LogP contribution in [0.3, 0.4) is 0 Å². The Kier molecular flexibility index (Phi) is 6.90. The predicted octanol–water partition coefficient (Wildman–Crippen LogP) is 4.75. The quantitative estimate of drug-likeness (QED) is 0.525. The van der Waals surface area contributed by atoms with E-state index in [1.807, 2.05) is 19.1 Å². The molecule has 0 saturated heterocycles. The summed E-state index contributed by atoms with van der Waals surface area (Å²) < 4.78 is 32.9. The zero-order chi connectivity index (χ0) is 21.6. The molecule has 0 atom stereocenters. The third kappa shape index (κ3) is 5.07. The van der Waals surface area contributed by atoms with Gasteiger partial charge in [-0.15, -0.1) is 0 Å². The molecule has 0 saturated carbocycles. The van der Waals surface area contributed by atoms with Gasteiger partial charge in [0.1, 0.15) is 5.75 Å². The Hall–Kier alpha value is -3.12. The summed E-state index contributed by atoms with van der Waals surface area (Å²) >= 11 is 0. The molecule has 30 heavy (non-hydrogen) atoms. The molecule has 0 bridgehead atoms. The molecule has 0 aliphatic heterocycles. The van der Waals surface area contributed by atoms with E-state index in [9.17, 15) is 13.2 Å². The Morgan fingerprint density at radius 1 is 0.900 bits per heavy atom. The highest BCUT2D eigenvalue weighted by Crippen LogP contribution is 2.24. The fourth-order valence-electron chi connectivity index (χ4n) is 3.04. The summed E-state index contributed by atoms with van der Waals surface area (Å²) in [6.07, 6.45) is 2.01. The number of sulfonamides is 1. The first-order chi connectivity index (χ1) is 14.4. The summed E-state index contributed by atoms with van der Waals surface area (Å²) in [5.41, 5.74) is 2.38. The third-order valence-corrected chi connectivity index (χ3v) is 6.36. The Morgan fingerprint density at radius 3 is 2.13 bits per heavy atom. The number of rotatable bonds is 8. The van der Waals surface area contributed by atoms with Crippen molar-refractivity contribution in [2.75, 3.05) is 10.9 Å².